The number of nitrogens with zero attached hydrogens (tertiary/aromatic N) is 1. The zero-order chi connectivity index (χ0) is 17.7. The Bertz CT molecular complexity index is 804. The summed E-state index contributed by atoms with van der Waals surface area (Å²) in [6.45, 7) is 3.25. The van der Waals surface area contributed by atoms with Gasteiger partial charge in [0.25, 0.3) is 0 Å². The van der Waals surface area contributed by atoms with Gasteiger partial charge in [-0.2, -0.15) is 18.2 Å². The van der Waals surface area contributed by atoms with E-state index in [1.165, 1.54) is 12.1 Å². The van der Waals surface area contributed by atoms with Crippen LogP contribution in [0.3, 0.4) is 0 Å². The lowest BCUT2D eigenvalue weighted by molar-refractivity contribution is -0.203. The average molecular weight is 401 g/mol. The second-order valence-electron chi connectivity index (χ2n) is 6.56. The molecule has 1 N–H and O–H groups in total. The SMILES string of the molecule is CC1(C)CC(=O)NN1[C@@H](c1ccc2c(Br)cccc2c1)C(F)(F)F. The summed E-state index contributed by atoms with van der Waals surface area (Å²) in [4.78, 5) is 11.7. The van der Waals surface area contributed by atoms with Gasteiger partial charge in [0.2, 0.25) is 5.91 Å². The van der Waals surface area contributed by atoms with E-state index >= 15 is 0 Å². The van der Waals surface area contributed by atoms with Crippen molar-refractivity contribution in [1.29, 1.82) is 0 Å². The Kier molecular flexibility index (Phi) is 4.12. The number of hydrazine groups is 1. The predicted octanol–water partition coefficient (Wildman–Crippen LogP) is 4.72. The van der Waals surface area contributed by atoms with Crippen molar-refractivity contribution >= 4 is 32.6 Å². The van der Waals surface area contributed by atoms with E-state index in [0.717, 1.165) is 14.9 Å². The third-order valence-electron chi connectivity index (χ3n) is 4.23. The minimum atomic E-state index is -4.52. The molecule has 1 heterocycles. The fourth-order valence-electron chi connectivity index (χ4n) is 3.13. The zero-order valence-electron chi connectivity index (χ0n) is 13.1. The van der Waals surface area contributed by atoms with E-state index in [4.69, 9.17) is 0 Å². The second kappa shape index (κ2) is 5.74. The van der Waals surface area contributed by atoms with Crippen molar-refractivity contribution in [2.24, 2.45) is 0 Å². The molecule has 0 saturated carbocycles. The lowest BCUT2D eigenvalue weighted by Gasteiger charge is -2.38. The summed E-state index contributed by atoms with van der Waals surface area (Å²) in [6, 6.07) is 8.14. The molecule has 0 aromatic heterocycles. The molecular formula is C17H16BrF3N2O. The number of carbonyl (C=O) groups excluding carboxylic acids is 1. The van der Waals surface area contributed by atoms with Crippen LogP contribution in [0.4, 0.5) is 13.2 Å². The van der Waals surface area contributed by atoms with Crippen molar-refractivity contribution < 1.29 is 18.0 Å². The highest BCUT2D eigenvalue weighted by Gasteiger charge is 2.52. The third-order valence-corrected chi connectivity index (χ3v) is 4.92. The molecule has 1 saturated heterocycles. The van der Waals surface area contributed by atoms with Crippen LogP contribution in [0.1, 0.15) is 31.9 Å². The van der Waals surface area contributed by atoms with Crippen molar-refractivity contribution in [1.82, 2.24) is 10.4 Å². The van der Waals surface area contributed by atoms with Gasteiger partial charge in [0.05, 0.1) is 0 Å². The van der Waals surface area contributed by atoms with E-state index < -0.39 is 23.7 Å². The summed E-state index contributed by atoms with van der Waals surface area (Å²) < 4.78 is 42.2. The number of benzene rings is 2. The van der Waals surface area contributed by atoms with Gasteiger partial charge >= 0.3 is 6.18 Å². The van der Waals surface area contributed by atoms with Gasteiger partial charge in [0.1, 0.15) is 0 Å². The fraction of sp³-hybridized carbons (Fsp3) is 0.353. The minimum Gasteiger partial charge on any atom is -0.287 e. The van der Waals surface area contributed by atoms with Gasteiger partial charge in [-0.1, -0.05) is 40.2 Å². The Morgan fingerprint density at radius 3 is 2.54 bits per heavy atom. The maximum atomic E-state index is 13.8. The molecule has 0 aliphatic carbocycles. The first-order chi connectivity index (χ1) is 11.1. The van der Waals surface area contributed by atoms with E-state index in [0.29, 0.717) is 5.39 Å². The maximum Gasteiger partial charge on any atom is 0.409 e. The first kappa shape index (κ1) is 17.2. The molecule has 1 aliphatic heterocycles. The van der Waals surface area contributed by atoms with E-state index in [2.05, 4.69) is 21.4 Å². The number of carbonyl (C=O) groups is 1. The molecule has 2 aromatic rings. The van der Waals surface area contributed by atoms with Crippen molar-refractivity contribution in [3.63, 3.8) is 0 Å². The summed E-state index contributed by atoms with van der Waals surface area (Å²) >= 11 is 3.40. The molecule has 2 aromatic carbocycles. The standard InChI is InChI=1S/C17H16BrF3N2O/c1-16(2)9-14(24)22-23(16)15(17(19,20)21)11-6-7-12-10(8-11)4-3-5-13(12)18/h3-8,15H,9H2,1-2H3,(H,22,24)/t15-/m0/s1. The first-order valence-electron chi connectivity index (χ1n) is 7.43. The van der Waals surface area contributed by atoms with E-state index in [-0.39, 0.29) is 12.0 Å². The number of amides is 1. The van der Waals surface area contributed by atoms with Crippen LogP contribution >= 0.6 is 15.9 Å². The van der Waals surface area contributed by atoms with E-state index in [1.807, 2.05) is 6.07 Å². The van der Waals surface area contributed by atoms with E-state index in [9.17, 15) is 18.0 Å². The van der Waals surface area contributed by atoms with Gasteiger partial charge in [0.15, 0.2) is 6.04 Å². The van der Waals surface area contributed by atoms with Gasteiger partial charge in [-0.3, -0.25) is 10.2 Å². The maximum absolute atomic E-state index is 13.8. The summed E-state index contributed by atoms with van der Waals surface area (Å²) in [5.41, 5.74) is 1.55. The van der Waals surface area contributed by atoms with Crippen molar-refractivity contribution in [2.75, 3.05) is 0 Å². The molecule has 128 valence electrons. The lowest BCUT2D eigenvalue weighted by Crippen LogP contribution is -2.51. The van der Waals surface area contributed by atoms with Crippen molar-refractivity contribution in [3.05, 3.63) is 46.4 Å². The van der Waals surface area contributed by atoms with Crippen LogP contribution in [0.5, 0.6) is 0 Å². The highest BCUT2D eigenvalue weighted by molar-refractivity contribution is 9.10. The number of halogens is 4. The molecule has 3 nitrogen and oxygen atoms in total. The Labute approximate surface area is 145 Å². The van der Waals surface area contributed by atoms with Crippen LogP contribution in [0.2, 0.25) is 0 Å². The number of hydrogen-bond donors (Lipinski definition) is 1. The molecule has 0 bridgehead atoms. The minimum absolute atomic E-state index is 0.0265. The summed E-state index contributed by atoms with van der Waals surface area (Å²) in [5, 5.41) is 2.57. The molecule has 3 rings (SSSR count). The van der Waals surface area contributed by atoms with Crippen LogP contribution in [-0.4, -0.2) is 22.6 Å². The summed E-state index contributed by atoms with van der Waals surface area (Å²) in [6.07, 6.45) is -4.49. The molecule has 1 aliphatic rings. The van der Waals surface area contributed by atoms with Crippen LogP contribution in [0.25, 0.3) is 10.8 Å². The molecule has 0 radical (unpaired) electrons. The van der Waals surface area contributed by atoms with Crippen LogP contribution in [0.15, 0.2) is 40.9 Å². The van der Waals surface area contributed by atoms with Gasteiger partial charge in [-0.15, -0.1) is 0 Å². The molecule has 0 spiro atoms. The van der Waals surface area contributed by atoms with Crippen LogP contribution in [0, 0.1) is 0 Å². The van der Waals surface area contributed by atoms with Crippen molar-refractivity contribution in [3.8, 4) is 0 Å². The van der Waals surface area contributed by atoms with Crippen LogP contribution < -0.4 is 5.43 Å². The van der Waals surface area contributed by atoms with Gasteiger partial charge in [-0.25, -0.2) is 0 Å². The van der Waals surface area contributed by atoms with Crippen LogP contribution in [-0.2, 0) is 4.79 Å². The summed E-state index contributed by atoms with van der Waals surface area (Å²) in [5.74, 6) is -0.405. The highest BCUT2D eigenvalue weighted by Crippen LogP contribution is 2.43. The van der Waals surface area contributed by atoms with Crippen molar-refractivity contribution in [2.45, 2.75) is 38.0 Å². The molecule has 24 heavy (non-hydrogen) atoms. The molecule has 1 amide bonds. The smallest absolute Gasteiger partial charge is 0.287 e. The molecule has 7 heteroatoms. The average Bonchev–Trinajstić information content (AvgIpc) is 2.70. The fourth-order valence-corrected chi connectivity index (χ4v) is 3.65. The normalized spacial score (nSPS) is 19.5. The largest absolute Gasteiger partial charge is 0.409 e. The monoisotopic (exact) mass is 400 g/mol. The van der Waals surface area contributed by atoms with E-state index in [1.54, 1.807) is 32.0 Å². The zero-order valence-corrected chi connectivity index (χ0v) is 14.7. The topological polar surface area (TPSA) is 32.3 Å². The Morgan fingerprint density at radius 1 is 1.25 bits per heavy atom. The quantitative estimate of drug-likeness (QED) is 0.790. The summed E-state index contributed by atoms with van der Waals surface area (Å²) in [7, 11) is 0. The molecule has 1 atom stereocenters. The number of hydrogen-bond acceptors (Lipinski definition) is 2. The number of alkyl halides is 3. The molecule has 0 unspecified atom stereocenters. The van der Waals surface area contributed by atoms with Gasteiger partial charge in [-0.05, 0) is 42.3 Å². The number of fused-ring (bicyclic) bond motifs is 1. The van der Waals surface area contributed by atoms with Gasteiger partial charge < -0.3 is 0 Å². The molecule has 1 fully saturated rings. The van der Waals surface area contributed by atoms with Gasteiger partial charge in [0, 0.05) is 16.4 Å². The third kappa shape index (κ3) is 3.02. The highest BCUT2D eigenvalue weighted by atomic mass is 79.9. The second-order valence-corrected chi connectivity index (χ2v) is 7.41. The first-order valence-corrected chi connectivity index (χ1v) is 8.22. The lowest BCUT2D eigenvalue weighted by atomic mass is 9.95. The Hall–Kier alpha value is -1.60. The molecular weight excluding hydrogens is 385 g/mol. The predicted molar refractivity (Wildman–Crippen MR) is 89.1 cm³/mol. The Morgan fingerprint density at radius 2 is 1.96 bits per heavy atom. The number of nitrogens with one attached hydrogen (secondary N) is 1. The Balaban J connectivity index is 2.12. The number of rotatable bonds is 2.